The second kappa shape index (κ2) is 15.0. The SMILES string of the molecule is CC1CCC(N(C(=O)[C@@H]2CCCO2)[C@H]2C[C@@H](C(=O)N3CCN(C)CC3)N(C(=O)[C@@H]3CN(C4=NNCC=C4)C[C@H]3c3ccc(F)cc3F)C2)CC1. The van der Waals surface area contributed by atoms with Crippen molar-refractivity contribution >= 4 is 23.6 Å². The largest absolute Gasteiger partial charge is 0.368 e. The van der Waals surface area contributed by atoms with E-state index in [1.165, 1.54) is 12.1 Å². The van der Waals surface area contributed by atoms with Gasteiger partial charge in [0.05, 0.1) is 18.5 Å². The number of halogens is 2. The molecule has 4 saturated heterocycles. The average molecular weight is 696 g/mol. The number of carbonyl (C=O) groups is 3. The fourth-order valence-corrected chi connectivity index (χ4v) is 8.98. The van der Waals surface area contributed by atoms with Gasteiger partial charge in [0.1, 0.15) is 29.6 Å². The Kier molecular flexibility index (Phi) is 10.4. The molecule has 0 unspecified atom stereocenters. The molecule has 1 N–H and O–H groups in total. The summed E-state index contributed by atoms with van der Waals surface area (Å²) in [6.07, 6.45) is 8.99. The van der Waals surface area contributed by atoms with Gasteiger partial charge in [-0.05, 0) is 75.6 Å². The number of likely N-dealkylation sites (tertiary alicyclic amines) is 2. The fourth-order valence-electron chi connectivity index (χ4n) is 8.98. The third-order valence-electron chi connectivity index (χ3n) is 11.9. The molecule has 5 atom stereocenters. The number of nitrogens with one attached hydrogen (secondary N) is 1. The lowest BCUT2D eigenvalue weighted by molar-refractivity contribution is -0.148. The van der Waals surface area contributed by atoms with Gasteiger partial charge >= 0.3 is 0 Å². The molecule has 3 amide bonds. The van der Waals surface area contributed by atoms with Crippen LogP contribution in [0, 0.1) is 23.5 Å². The van der Waals surface area contributed by atoms with Gasteiger partial charge in [0.15, 0.2) is 0 Å². The molecule has 0 spiro atoms. The van der Waals surface area contributed by atoms with E-state index in [1.54, 1.807) is 4.90 Å². The topological polar surface area (TPSA) is 101 Å². The lowest BCUT2D eigenvalue weighted by Crippen LogP contribution is -2.54. The van der Waals surface area contributed by atoms with E-state index in [0.29, 0.717) is 57.4 Å². The van der Waals surface area contributed by atoms with E-state index in [4.69, 9.17) is 4.74 Å². The van der Waals surface area contributed by atoms with Crippen LogP contribution in [0.1, 0.15) is 63.4 Å². The Labute approximate surface area is 293 Å². The van der Waals surface area contributed by atoms with Crippen LogP contribution in [0.4, 0.5) is 8.78 Å². The number of rotatable bonds is 6. The highest BCUT2D eigenvalue weighted by atomic mass is 19.1. The molecule has 1 aromatic rings. The van der Waals surface area contributed by atoms with E-state index in [-0.39, 0.29) is 48.5 Å². The Hall–Kier alpha value is -3.58. The molecule has 50 heavy (non-hydrogen) atoms. The van der Waals surface area contributed by atoms with Gasteiger partial charge in [0, 0.05) is 70.4 Å². The first kappa shape index (κ1) is 34.9. The Morgan fingerprint density at radius 1 is 0.960 bits per heavy atom. The second-order valence-electron chi connectivity index (χ2n) is 15.2. The van der Waals surface area contributed by atoms with Crippen molar-refractivity contribution in [3.05, 3.63) is 47.5 Å². The molecule has 5 heterocycles. The highest BCUT2D eigenvalue weighted by Gasteiger charge is 2.51. The zero-order valence-corrected chi connectivity index (χ0v) is 29.3. The minimum atomic E-state index is -0.750. The summed E-state index contributed by atoms with van der Waals surface area (Å²) in [4.78, 5) is 53.4. The maximum absolute atomic E-state index is 15.4. The monoisotopic (exact) mass is 695 g/mol. The van der Waals surface area contributed by atoms with Gasteiger partial charge in [-0.15, -0.1) is 0 Å². The van der Waals surface area contributed by atoms with Crippen LogP contribution in [-0.4, -0.2) is 138 Å². The molecule has 1 saturated carbocycles. The number of carbonyl (C=O) groups excluding carboxylic acids is 3. The number of hydrogen-bond acceptors (Lipinski definition) is 8. The van der Waals surface area contributed by atoms with Gasteiger partial charge in [0.25, 0.3) is 5.91 Å². The van der Waals surface area contributed by atoms with Gasteiger partial charge in [-0.25, -0.2) is 8.78 Å². The van der Waals surface area contributed by atoms with Crippen molar-refractivity contribution in [2.24, 2.45) is 16.9 Å². The summed E-state index contributed by atoms with van der Waals surface area (Å²) in [7, 11) is 2.03. The van der Waals surface area contributed by atoms with Crippen LogP contribution in [0.2, 0.25) is 0 Å². The third kappa shape index (κ3) is 7.12. The van der Waals surface area contributed by atoms with Crippen molar-refractivity contribution in [1.29, 1.82) is 0 Å². The Balaban J connectivity index is 1.22. The second-order valence-corrected chi connectivity index (χ2v) is 15.2. The van der Waals surface area contributed by atoms with Crippen LogP contribution in [0.5, 0.6) is 0 Å². The van der Waals surface area contributed by atoms with E-state index in [2.05, 4.69) is 22.4 Å². The van der Waals surface area contributed by atoms with E-state index in [1.807, 2.05) is 33.9 Å². The number of hydrazone groups is 1. The zero-order valence-electron chi connectivity index (χ0n) is 29.3. The third-order valence-corrected chi connectivity index (χ3v) is 11.9. The van der Waals surface area contributed by atoms with E-state index in [9.17, 15) is 14.0 Å². The molecule has 5 aliphatic heterocycles. The summed E-state index contributed by atoms with van der Waals surface area (Å²) >= 11 is 0. The lowest BCUT2D eigenvalue weighted by Gasteiger charge is -2.41. The van der Waals surface area contributed by atoms with Crippen LogP contribution >= 0.6 is 0 Å². The van der Waals surface area contributed by atoms with E-state index in [0.717, 1.165) is 51.3 Å². The molecule has 6 aliphatic rings. The summed E-state index contributed by atoms with van der Waals surface area (Å²) in [5, 5.41) is 4.43. The summed E-state index contributed by atoms with van der Waals surface area (Å²) in [5.41, 5.74) is 3.24. The standard InChI is InChI=1S/C37H51F2N7O4/c1-24-7-10-26(11-8-24)46(37(49)33-5-4-18-50-33)27-20-32(36(48)43-16-14-42(2)15-17-43)45(21-27)35(47)30-23-44(34-6-3-13-40-41-34)22-29(30)28-12-9-25(38)19-31(28)39/h3,6,9,12,19,24,26-27,29-30,32-33,40H,4-5,7-8,10-11,13-18,20-23H2,1-2H3/t24?,26?,27-,29-,30+,32-,33-/m0/s1. The molecular weight excluding hydrogens is 644 g/mol. The van der Waals surface area contributed by atoms with Gasteiger partial charge in [0.2, 0.25) is 11.8 Å². The van der Waals surface area contributed by atoms with Crippen LogP contribution in [0.25, 0.3) is 0 Å². The highest BCUT2D eigenvalue weighted by Crippen LogP contribution is 2.40. The Bertz CT molecular complexity index is 1490. The molecule has 1 aliphatic carbocycles. The molecule has 272 valence electrons. The predicted molar refractivity (Wildman–Crippen MR) is 184 cm³/mol. The smallest absolute Gasteiger partial charge is 0.252 e. The Morgan fingerprint density at radius 2 is 1.74 bits per heavy atom. The summed E-state index contributed by atoms with van der Waals surface area (Å²) in [5.74, 6) is -1.82. The average Bonchev–Trinajstić information content (AvgIpc) is 3.91. The number of amidine groups is 1. The minimum absolute atomic E-state index is 0.0222. The number of likely N-dealkylation sites (N-methyl/N-ethyl adjacent to an activating group) is 1. The minimum Gasteiger partial charge on any atom is -0.368 e. The predicted octanol–water partition coefficient (Wildman–Crippen LogP) is 2.78. The van der Waals surface area contributed by atoms with Gasteiger partial charge in [-0.1, -0.05) is 19.1 Å². The van der Waals surface area contributed by atoms with Gasteiger partial charge < -0.3 is 34.7 Å². The maximum atomic E-state index is 15.4. The summed E-state index contributed by atoms with van der Waals surface area (Å²) < 4.78 is 35.4. The summed E-state index contributed by atoms with van der Waals surface area (Å²) in [6, 6.07) is 2.46. The van der Waals surface area contributed by atoms with Crippen molar-refractivity contribution < 1.29 is 27.9 Å². The molecule has 5 fully saturated rings. The number of hydrogen-bond donors (Lipinski definition) is 1. The molecule has 11 nitrogen and oxygen atoms in total. The summed E-state index contributed by atoms with van der Waals surface area (Å²) in [6.45, 7) is 6.81. The molecular formula is C37H51F2N7O4. The first-order valence-corrected chi connectivity index (χ1v) is 18.6. The van der Waals surface area contributed by atoms with Crippen LogP contribution in [-0.2, 0) is 19.1 Å². The molecule has 7 rings (SSSR count). The number of benzene rings is 1. The van der Waals surface area contributed by atoms with Crippen molar-refractivity contribution in [2.45, 2.75) is 82.0 Å². The normalized spacial score (nSPS) is 31.9. The van der Waals surface area contributed by atoms with Crippen LogP contribution in [0.15, 0.2) is 35.5 Å². The fraction of sp³-hybridized carbons (Fsp3) is 0.676. The molecule has 0 bridgehead atoms. The first-order valence-electron chi connectivity index (χ1n) is 18.6. The number of nitrogens with zero attached hydrogens (tertiary/aromatic N) is 6. The lowest BCUT2D eigenvalue weighted by atomic mass is 9.85. The van der Waals surface area contributed by atoms with Crippen molar-refractivity contribution in [3.8, 4) is 0 Å². The maximum Gasteiger partial charge on any atom is 0.252 e. The van der Waals surface area contributed by atoms with Gasteiger partial charge in [-0.2, -0.15) is 5.10 Å². The number of amides is 3. The number of ether oxygens (including phenoxy) is 1. The van der Waals surface area contributed by atoms with Crippen LogP contribution < -0.4 is 5.43 Å². The first-order chi connectivity index (χ1) is 24.2. The van der Waals surface area contributed by atoms with Crippen molar-refractivity contribution in [2.75, 3.05) is 66.0 Å². The van der Waals surface area contributed by atoms with Crippen molar-refractivity contribution in [3.63, 3.8) is 0 Å². The highest BCUT2D eigenvalue weighted by molar-refractivity contribution is 5.95. The van der Waals surface area contributed by atoms with Crippen LogP contribution in [0.3, 0.4) is 0 Å². The van der Waals surface area contributed by atoms with E-state index < -0.39 is 35.6 Å². The molecule has 0 aromatic heterocycles. The molecule has 0 radical (unpaired) electrons. The quantitative estimate of drug-likeness (QED) is 0.489. The van der Waals surface area contributed by atoms with E-state index >= 15 is 9.18 Å². The molecule has 13 heteroatoms. The molecule has 1 aromatic carbocycles. The Morgan fingerprint density at radius 3 is 2.42 bits per heavy atom. The van der Waals surface area contributed by atoms with Crippen molar-refractivity contribution in [1.82, 2.24) is 29.9 Å². The number of piperazine rings is 1. The zero-order chi connectivity index (χ0) is 34.9. The van der Waals surface area contributed by atoms with Gasteiger partial charge in [-0.3, -0.25) is 14.4 Å².